The van der Waals surface area contributed by atoms with E-state index in [2.05, 4.69) is 10.6 Å². The number of ether oxygens (including phenoxy) is 1. The Morgan fingerprint density at radius 3 is 2.38 bits per heavy atom. The van der Waals surface area contributed by atoms with Crippen LogP contribution in [0, 0.1) is 0 Å². The second-order valence-corrected chi connectivity index (χ2v) is 10.3. The summed E-state index contributed by atoms with van der Waals surface area (Å²) in [6.45, 7) is 5.05. The molecule has 12 heteroatoms. The summed E-state index contributed by atoms with van der Waals surface area (Å²) in [4.78, 5) is 21.5. The zero-order chi connectivity index (χ0) is 20.0. The van der Waals surface area contributed by atoms with Crippen LogP contribution in [0.2, 0.25) is 0 Å². The molecule has 5 nitrogen and oxygen atoms in total. The minimum atomic E-state index is -9.83. The number of carbonyl (C=O) groups is 2. The minimum Gasteiger partial charge on any atom is -0.425 e. The fourth-order valence-corrected chi connectivity index (χ4v) is 3.77. The average Bonchev–Trinajstić information content (AvgIpc) is 2.75. The molecule has 0 aliphatic carbocycles. The van der Waals surface area contributed by atoms with Gasteiger partial charge in [-0.05, 0) is 38.5 Å². The van der Waals surface area contributed by atoms with E-state index in [9.17, 15) is 29.0 Å². The number of hydrogen-bond donors (Lipinski definition) is 2. The summed E-state index contributed by atoms with van der Waals surface area (Å²) in [6.07, 6.45) is -0.883. The Morgan fingerprint density at radius 1 is 1.23 bits per heavy atom. The van der Waals surface area contributed by atoms with E-state index in [1.54, 1.807) is 20.8 Å². The Balaban J connectivity index is 2.16. The van der Waals surface area contributed by atoms with Crippen molar-refractivity contribution in [3.05, 3.63) is 29.8 Å². The first-order chi connectivity index (χ1) is 11.4. The summed E-state index contributed by atoms with van der Waals surface area (Å²) in [5.41, 5.74) is -2.12. The Kier molecular flexibility index (Phi) is 4.48. The molecule has 148 valence electrons. The van der Waals surface area contributed by atoms with Crippen LogP contribution in [0.5, 0.6) is 0 Å². The lowest BCUT2D eigenvalue weighted by Gasteiger charge is -2.40. The second-order valence-electron chi connectivity index (χ2n) is 6.68. The van der Waals surface area contributed by atoms with Gasteiger partial charge in [-0.1, -0.05) is 43.3 Å². The fraction of sp³-hybridized carbons (Fsp3) is 0.429. The molecule has 1 aliphatic heterocycles. The molecule has 2 N–H and O–H groups in total. The van der Waals surface area contributed by atoms with Crippen LogP contribution in [-0.4, -0.2) is 23.0 Å². The molecule has 0 spiro atoms. The van der Waals surface area contributed by atoms with Crippen LogP contribution in [0.25, 0.3) is 0 Å². The van der Waals surface area contributed by atoms with E-state index in [4.69, 9.17) is 4.74 Å². The number of hydrogen-bond acceptors (Lipinski definition) is 4. The molecule has 1 aromatic rings. The Hall–Kier alpha value is -1.69. The first-order valence-electron chi connectivity index (χ1n) is 7.23. The van der Waals surface area contributed by atoms with Gasteiger partial charge in [0.25, 0.3) is 5.91 Å². The molecule has 1 aromatic carbocycles. The van der Waals surface area contributed by atoms with Crippen LogP contribution in [0.4, 0.5) is 24.2 Å². The summed E-state index contributed by atoms with van der Waals surface area (Å²) in [5, 5.41) is 3.71. The molecular formula is C14H17F5N2O3S2. The number of nitrogens with one attached hydrogen (secondary N) is 2. The van der Waals surface area contributed by atoms with Gasteiger partial charge in [-0.25, -0.2) is 4.79 Å². The highest BCUT2D eigenvalue weighted by atomic mass is 32.5. The quantitative estimate of drug-likeness (QED) is 0.671. The highest BCUT2D eigenvalue weighted by Gasteiger charge is 2.65. The zero-order valence-corrected chi connectivity index (χ0v) is 15.5. The highest BCUT2D eigenvalue weighted by molar-refractivity contribution is 8.45. The standard InChI is InChI=1S/C14H17F5N2O3S2/c1-14(2,3)21-13(23)24-12-10(22)20-11(25-12)8-5-4-6-9(7-8)26(15,16,17,18)19/h4-7,11-12H,1-3H3,(H,20,22)(H,21,23). The van der Waals surface area contributed by atoms with Gasteiger partial charge in [-0.3, -0.25) is 4.79 Å². The van der Waals surface area contributed by atoms with E-state index < -0.39 is 43.5 Å². The second kappa shape index (κ2) is 5.65. The molecule has 2 amide bonds. The molecule has 0 aromatic heterocycles. The summed E-state index contributed by atoms with van der Waals surface area (Å²) >= 11 is 0.701. The van der Waals surface area contributed by atoms with E-state index >= 15 is 0 Å². The first kappa shape index (κ1) is 20.6. The molecular weight excluding hydrogens is 403 g/mol. The lowest BCUT2D eigenvalue weighted by molar-refractivity contribution is -0.124. The van der Waals surface area contributed by atoms with Gasteiger partial charge < -0.3 is 15.4 Å². The Morgan fingerprint density at radius 2 is 1.85 bits per heavy atom. The van der Waals surface area contributed by atoms with Crippen LogP contribution in [0.3, 0.4) is 0 Å². The van der Waals surface area contributed by atoms with Crippen LogP contribution < -0.4 is 10.6 Å². The molecule has 0 saturated carbocycles. The van der Waals surface area contributed by atoms with E-state index in [0.717, 1.165) is 6.07 Å². The van der Waals surface area contributed by atoms with Crippen LogP contribution in [0.1, 0.15) is 31.7 Å². The molecule has 0 bridgehead atoms. The molecule has 1 fully saturated rings. The predicted molar refractivity (Wildman–Crippen MR) is 89.5 cm³/mol. The summed E-state index contributed by atoms with van der Waals surface area (Å²) in [7, 11) is -9.83. The smallest absolute Gasteiger partial charge is 0.409 e. The molecule has 2 unspecified atom stereocenters. The molecule has 1 saturated heterocycles. The molecule has 2 rings (SSSR count). The number of amides is 2. The third-order valence-corrected chi connectivity index (χ3v) is 5.41. The van der Waals surface area contributed by atoms with Crippen molar-refractivity contribution in [2.45, 2.75) is 42.0 Å². The number of thioether (sulfide) groups is 1. The maximum absolute atomic E-state index is 12.9. The van der Waals surface area contributed by atoms with Gasteiger partial charge in [-0.15, -0.1) is 0 Å². The molecule has 0 radical (unpaired) electrons. The number of halogens is 5. The van der Waals surface area contributed by atoms with Gasteiger partial charge in [0.15, 0.2) is 0 Å². The third kappa shape index (κ3) is 5.40. The number of carbonyl (C=O) groups excluding carboxylic acids is 2. The van der Waals surface area contributed by atoms with Crippen molar-refractivity contribution in [3.63, 3.8) is 0 Å². The van der Waals surface area contributed by atoms with Crippen LogP contribution in [-0.2, 0) is 9.53 Å². The lowest BCUT2D eigenvalue weighted by atomic mass is 10.1. The predicted octanol–water partition coefficient (Wildman–Crippen LogP) is 5.06. The zero-order valence-electron chi connectivity index (χ0n) is 13.9. The summed E-state index contributed by atoms with van der Waals surface area (Å²) in [5.74, 6) is -0.748. The maximum atomic E-state index is 12.9. The van der Waals surface area contributed by atoms with Gasteiger partial charge in [0.2, 0.25) is 5.44 Å². The van der Waals surface area contributed by atoms with Crippen molar-refractivity contribution in [3.8, 4) is 0 Å². The third-order valence-electron chi connectivity index (χ3n) is 3.04. The van der Waals surface area contributed by atoms with E-state index in [1.807, 2.05) is 0 Å². The van der Waals surface area contributed by atoms with E-state index in [1.165, 1.54) is 6.07 Å². The van der Waals surface area contributed by atoms with Crippen molar-refractivity contribution >= 4 is 34.0 Å². The summed E-state index contributed by atoms with van der Waals surface area (Å²) in [6, 6.07) is 2.56. The van der Waals surface area contributed by atoms with Gasteiger partial charge in [0.1, 0.15) is 10.3 Å². The normalized spacial score (nSPS) is 23.6. The molecule has 26 heavy (non-hydrogen) atoms. The monoisotopic (exact) mass is 420 g/mol. The van der Waals surface area contributed by atoms with Gasteiger partial charge >= 0.3 is 16.3 Å². The van der Waals surface area contributed by atoms with Crippen molar-refractivity contribution in [1.29, 1.82) is 0 Å². The topological polar surface area (TPSA) is 67.4 Å². The molecule has 1 aliphatic rings. The van der Waals surface area contributed by atoms with Crippen molar-refractivity contribution in [2.75, 3.05) is 0 Å². The van der Waals surface area contributed by atoms with E-state index in [-0.39, 0.29) is 17.7 Å². The lowest BCUT2D eigenvalue weighted by Crippen LogP contribution is -2.43. The van der Waals surface area contributed by atoms with Gasteiger partial charge in [-0.2, -0.15) is 0 Å². The highest BCUT2D eigenvalue weighted by Crippen LogP contribution is 3.02. The molecule has 1 heterocycles. The van der Waals surface area contributed by atoms with Crippen molar-refractivity contribution < 1.29 is 33.8 Å². The number of rotatable bonds is 3. The number of benzene rings is 1. The Bertz CT molecular complexity index is 749. The van der Waals surface area contributed by atoms with Gasteiger partial charge in [0, 0.05) is 5.54 Å². The van der Waals surface area contributed by atoms with Gasteiger partial charge in [0.05, 0.1) is 0 Å². The minimum absolute atomic E-state index is 0.184. The van der Waals surface area contributed by atoms with Crippen LogP contribution >= 0.6 is 22.0 Å². The van der Waals surface area contributed by atoms with Crippen molar-refractivity contribution in [2.24, 2.45) is 0 Å². The largest absolute Gasteiger partial charge is 0.425 e. The molecule has 2 atom stereocenters. The summed E-state index contributed by atoms with van der Waals surface area (Å²) < 4.78 is 69.6. The fourth-order valence-electron chi connectivity index (χ4n) is 2.01. The first-order valence-corrected chi connectivity index (χ1v) is 10.1. The van der Waals surface area contributed by atoms with Crippen LogP contribution in [0.15, 0.2) is 29.2 Å². The van der Waals surface area contributed by atoms with Crippen molar-refractivity contribution in [1.82, 2.24) is 10.6 Å². The maximum Gasteiger partial charge on any atom is 0.409 e. The number of alkyl carbamates (subject to hydrolysis) is 1. The average molecular weight is 420 g/mol. The Labute approximate surface area is 150 Å². The van der Waals surface area contributed by atoms with E-state index in [0.29, 0.717) is 11.8 Å². The SMILES string of the molecule is CC(C)(C)NC(=O)OC1SC(c2cccc(S(F)(F)(F)(F)F)c2)NC1=O.